The standard InChI is InChI=1S/C12H14N2OS/c1-8-2-5-10-11(6-8)16-14-12(13-10)15-7-9-3-4-9/h2,5-6,9H,3-4,7H2,1H3,(H,13,14). The maximum atomic E-state index is 5.61. The molecule has 1 N–H and O–H groups in total. The van der Waals surface area contributed by atoms with Crippen molar-refractivity contribution in [2.45, 2.75) is 24.7 Å². The Kier molecular flexibility index (Phi) is 2.52. The van der Waals surface area contributed by atoms with Gasteiger partial charge in [-0.3, -0.25) is 4.72 Å². The first kappa shape index (κ1) is 10.0. The fraction of sp³-hybridized carbons (Fsp3) is 0.417. The molecule has 0 amide bonds. The second-order valence-corrected chi connectivity index (χ2v) is 5.19. The normalized spacial score (nSPS) is 18.4. The molecule has 0 saturated heterocycles. The lowest BCUT2D eigenvalue weighted by molar-refractivity contribution is 0.279. The fourth-order valence-electron chi connectivity index (χ4n) is 1.57. The van der Waals surface area contributed by atoms with E-state index in [0.29, 0.717) is 6.02 Å². The van der Waals surface area contributed by atoms with Crippen LogP contribution < -0.4 is 4.72 Å². The van der Waals surface area contributed by atoms with Crippen molar-refractivity contribution in [3.63, 3.8) is 0 Å². The number of aryl methyl sites for hydroxylation is 1. The van der Waals surface area contributed by atoms with Gasteiger partial charge in [0.25, 0.3) is 0 Å². The Bertz CT molecular complexity index is 441. The summed E-state index contributed by atoms with van der Waals surface area (Å²) in [5.41, 5.74) is 2.26. The van der Waals surface area contributed by atoms with Gasteiger partial charge in [-0.2, -0.15) is 4.99 Å². The van der Waals surface area contributed by atoms with Gasteiger partial charge in [0.05, 0.1) is 17.2 Å². The van der Waals surface area contributed by atoms with Gasteiger partial charge in [0.15, 0.2) is 0 Å². The lowest BCUT2D eigenvalue weighted by Crippen LogP contribution is -2.22. The van der Waals surface area contributed by atoms with Crippen molar-refractivity contribution < 1.29 is 4.74 Å². The summed E-state index contributed by atoms with van der Waals surface area (Å²) in [6.07, 6.45) is 2.60. The molecule has 2 aliphatic rings. The first-order valence-corrected chi connectivity index (χ1v) is 6.38. The van der Waals surface area contributed by atoms with Gasteiger partial charge < -0.3 is 4.74 Å². The zero-order chi connectivity index (χ0) is 11.0. The monoisotopic (exact) mass is 234 g/mol. The number of nitrogens with one attached hydrogen (secondary N) is 1. The summed E-state index contributed by atoms with van der Waals surface area (Å²) in [5, 5.41) is 0. The Morgan fingerprint density at radius 3 is 3.19 bits per heavy atom. The molecule has 1 saturated carbocycles. The molecule has 0 aromatic heterocycles. The SMILES string of the molecule is Cc1ccc2c(c1)SNC(OCC1CC1)=N2. The molecule has 1 aromatic carbocycles. The van der Waals surface area contributed by atoms with E-state index in [0.717, 1.165) is 18.2 Å². The number of hydrogen-bond acceptors (Lipinski definition) is 4. The van der Waals surface area contributed by atoms with Gasteiger partial charge in [0, 0.05) is 0 Å². The first-order valence-electron chi connectivity index (χ1n) is 5.56. The van der Waals surface area contributed by atoms with E-state index in [2.05, 4.69) is 28.8 Å². The minimum absolute atomic E-state index is 0.647. The minimum Gasteiger partial charge on any atom is -0.464 e. The number of ether oxygens (including phenoxy) is 1. The third kappa shape index (κ3) is 2.16. The zero-order valence-corrected chi connectivity index (χ0v) is 10.0. The third-order valence-electron chi connectivity index (χ3n) is 2.74. The first-order chi connectivity index (χ1) is 7.81. The molecule has 0 radical (unpaired) electrons. The quantitative estimate of drug-likeness (QED) is 0.799. The number of benzene rings is 1. The van der Waals surface area contributed by atoms with Crippen LogP contribution in [-0.4, -0.2) is 12.6 Å². The number of nitrogens with zero attached hydrogens (tertiary/aromatic N) is 1. The highest BCUT2D eigenvalue weighted by Gasteiger charge is 2.23. The number of amidine groups is 1. The van der Waals surface area contributed by atoms with Gasteiger partial charge in [0.1, 0.15) is 0 Å². The molecular formula is C12H14N2OS. The van der Waals surface area contributed by atoms with Crippen molar-refractivity contribution in [2.75, 3.05) is 6.61 Å². The van der Waals surface area contributed by atoms with Crippen molar-refractivity contribution in [2.24, 2.45) is 10.9 Å². The zero-order valence-electron chi connectivity index (χ0n) is 9.19. The Morgan fingerprint density at radius 2 is 2.38 bits per heavy atom. The number of rotatable bonds is 2. The van der Waals surface area contributed by atoms with Crippen molar-refractivity contribution in [1.29, 1.82) is 0 Å². The van der Waals surface area contributed by atoms with Crippen LogP contribution >= 0.6 is 11.9 Å². The van der Waals surface area contributed by atoms with E-state index in [1.54, 1.807) is 11.9 Å². The van der Waals surface area contributed by atoms with E-state index in [4.69, 9.17) is 4.74 Å². The van der Waals surface area contributed by atoms with E-state index in [1.807, 2.05) is 6.07 Å². The summed E-state index contributed by atoms with van der Waals surface area (Å²) < 4.78 is 8.74. The highest BCUT2D eigenvalue weighted by Crippen LogP contribution is 2.33. The molecule has 0 bridgehead atoms. The van der Waals surface area contributed by atoms with Crippen LogP contribution in [0.5, 0.6) is 0 Å². The maximum absolute atomic E-state index is 5.61. The van der Waals surface area contributed by atoms with E-state index in [9.17, 15) is 0 Å². The lowest BCUT2D eigenvalue weighted by Gasteiger charge is -2.16. The molecule has 0 atom stereocenters. The maximum Gasteiger partial charge on any atom is 0.300 e. The molecule has 1 heterocycles. The summed E-state index contributed by atoms with van der Waals surface area (Å²) in [7, 11) is 0. The van der Waals surface area contributed by atoms with Crippen molar-refractivity contribution >= 4 is 23.7 Å². The summed E-state index contributed by atoms with van der Waals surface area (Å²) in [5.74, 6) is 0.758. The van der Waals surface area contributed by atoms with E-state index < -0.39 is 0 Å². The molecule has 3 nitrogen and oxygen atoms in total. The predicted molar refractivity (Wildman–Crippen MR) is 65.9 cm³/mol. The van der Waals surface area contributed by atoms with Crippen molar-refractivity contribution in [3.05, 3.63) is 23.8 Å². The predicted octanol–water partition coefficient (Wildman–Crippen LogP) is 3.02. The number of fused-ring (bicyclic) bond motifs is 1. The molecule has 4 heteroatoms. The summed E-state index contributed by atoms with van der Waals surface area (Å²) in [6, 6.07) is 6.90. The average molecular weight is 234 g/mol. The Labute approximate surface area is 99.4 Å². The molecule has 1 aliphatic carbocycles. The molecule has 16 heavy (non-hydrogen) atoms. The number of aliphatic imine (C=N–C) groups is 1. The van der Waals surface area contributed by atoms with Gasteiger partial charge in [0.2, 0.25) is 0 Å². The van der Waals surface area contributed by atoms with Crippen molar-refractivity contribution in [3.8, 4) is 0 Å². The average Bonchev–Trinajstić information content (AvgIpc) is 3.10. The summed E-state index contributed by atoms with van der Waals surface area (Å²) in [6.45, 7) is 2.89. The Balaban J connectivity index is 1.74. The van der Waals surface area contributed by atoms with Crippen LogP contribution in [0.25, 0.3) is 0 Å². The highest BCUT2D eigenvalue weighted by molar-refractivity contribution is 7.98. The van der Waals surface area contributed by atoms with Gasteiger partial charge in [-0.25, -0.2) is 0 Å². The van der Waals surface area contributed by atoms with Crippen LogP contribution in [-0.2, 0) is 4.74 Å². The van der Waals surface area contributed by atoms with Gasteiger partial charge in [-0.05, 0) is 55.3 Å². The minimum atomic E-state index is 0.647. The molecule has 1 aromatic rings. The second kappa shape index (κ2) is 4.01. The van der Waals surface area contributed by atoms with E-state index in [1.165, 1.54) is 23.3 Å². The molecule has 84 valence electrons. The molecular weight excluding hydrogens is 220 g/mol. The second-order valence-electron chi connectivity index (χ2n) is 4.35. The molecule has 1 aliphatic heterocycles. The van der Waals surface area contributed by atoms with E-state index >= 15 is 0 Å². The topological polar surface area (TPSA) is 33.6 Å². The smallest absolute Gasteiger partial charge is 0.300 e. The molecule has 1 fully saturated rings. The van der Waals surface area contributed by atoms with E-state index in [-0.39, 0.29) is 0 Å². The van der Waals surface area contributed by atoms with Crippen LogP contribution in [0, 0.1) is 12.8 Å². The highest BCUT2D eigenvalue weighted by atomic mass is 32.2. The molecule has 3 rings (SSSR count). The third-order valence-corrected chi connectivity index (χ3v) is 3.56. The largest absolute Gasteiger partial charge is 0.464 e. The van der Waals surface area contributed by atoms with Crippen LogP contribution in [0.3, 0.4) is 0 Å². The summed E-state index contributed by atoms with van der Waals surface area (Å²) >= 11 is 1.58. The lowest BCUT2D eigenvalue weighted by atomic mass is 10.2. The Hall–Kier alpha value is -1.16. The molecule has 0 spiro atoms. The van der Waals surface area contributed by atoms with Gasteiger partial charge >= 0.3 is 6.02 Å². The summed E-state index contributed by atoms with van der Waals surface area (Å²) in [4.78, 5) is 5.61. The molecule has 0 unspecified atom stereocenters. The number of hydrogen-bond donors (Lipinski definition) is 1. The van der Waals surface area contributed by atoms with Crippen LogP contribution in [0.15, 0.2) is 28.1 Å². The van der Waals surface area contributed by atoms with Gasteiger partial charge in [-0.15, -0.1) is 0 Å². The van der Waals surface area contributed by atoms with Crippen LogP contribution in [0.1, 0.15) is 18.4 Å². The van der Waals surface area contributed by atoms with Crippen molar-refractivity contribution in [1.82, 2.24) is 4.72 Å². The van der Waals surface area contributed by atoms with Crippen LogP contribution in [0.2, 0.25) is 0 Å². The Morgan fingerprint density at radius 1 is 1.50 bits per heavy atom. The fourth-order valence-corrected chi connectivity index (χ4v) is 2.33. The van der Waals surface area contributed by atoms with Gasteiger partial charge in [-0.1, -0.05) is 6.07 Å². The van der Waals surface area contributed by atoms with Crippen LogP contribution in [0.4, 0.5) is 5.69 Å².